The zero-order valence-corrected chi connectivity index (χ0v) is 11.4. The van der Waals surface area contributed by atoms with E-state index < -0.39 is 4.92 Å². The van der Waals surface area contributed by atoms with Gasteiger partial charge in [-0.3, -0.25) is 14.9 Å². The number of carbonyl (C=O) groups excluding carboxylic acids is 1. The van der Waals surface area contributed by atoms with E-state index >= 15 is 0 Å². The number of aldehydes is 1. The third-order valence-electron chi connectivity index (χ3n) is 2.44. The lowest BCUT2D eigenvalue weighted by molar-refractivity contribution is -0.384. The first-order valence-electron chi connectivity index (χ1n) is 5.38. The van der Waals surface area contributed by atoms with Crippen LogP contribution in [0.2, 0.25) is 10.0 Å². The minimum atomic E-state index is -0.617. The number of hydrogen-bond donors (Lipinski definition) is 0. The van der Waals surface area contributed by atoms with Crippen molar-refractivity contribution in [1.29, 1.82) is 0 Å². The van der Waals surface area contributed by atoms with Crippen LogP contribution in [0.5, 0.6) is 11.5 Å². The molecule has 0 heterocycles. The molecule has 0 aromatic heterocycles. The van der Waals surface area contributed by atoms with Crippen LogP contribution in [0.15, 0.2) is 36.4 Å². The molecule has 0 bridgehead atoms. The van der Waals surface area contributed by atoms with E-state index in [0.717, 1.165) is 0 Å². The van der Waals surface area contributed by atoms with Gasteiger partial charge in [0, 0.05) is 11.1 Å². The molecule has 2 aromatic rings. The van der Waals surface area contributed by atoms with Crippen LogP contribution in [-0.4, -0.2) is 11.2 Å². The number of nitrogens with zero attached hydrogens (tertiary/aromatic N) is 1. The molecule has 0 aliphatic heterocycles. The minimum absolute atomic E-state index is 0.00375. The van der Waals surface area contributed by atoms with E-state index in [9.17, 15) is 14.9 Å². The lowest BCUT2D eigenvalue weighted by Gasteiger charge is -2.08. The Hall–Kier alpha value is -2.11. The molecule has 20 heavy (non-hydrogen) atoms. The zero-order chi connectivity index (χ0) is 14.7. The van der Waals surface area contributed by atoms with Crippen molar-refractivity contribution < 1.29 is 14.5 Å². The van der Waals surface area contributed by atoms with E-state index in [4.69, 9.17) is 27.9 Å². The van der Waals surface area contributed by atoms with Crippen molar-refractivity contribution in [2.24, 2.45) is 0 Å². The fourth-order valence-corrected chi connectivity index (χ4v) is 1.87. The van der Waals surface area contributed by atoms with Gasteiger partial charge in [-0.2, -0.15) is 0 Å². The van der Waals surface area contributed by atoms with Gasteiger partial charge in [0.2, 0.25) is 0 Å². The number of ether oxygens (including phenoxy) is 1. The van der Waals surface area contributed by atoms with E-state index in [2.05, 4.69) is 0 Å². The van der Waals surface area contributed by atoms with E-state index in [1.165, 1.54) is 30.3 Å². The number of nitro benzene ring substituents is 1. The maximum Gasteiger partial charge on any atom is 0.291 e. The summed E-state index contributed by atoms with van der Waals surface area (Å²) in [4.78, 5) is 21.1. The number of hydrogen-bond acceptors (Lipinski definition) is 4. The molecule has 0 aliphatic rings. The van der Waals surface area contributed by atoms with Gasteiger partial charge in [-0.15, -0.1) is 0 Å². The smallest absolute Gasteiger partial charge is 0.291 e. The Morgan fingerprint density at radius 2 is 1.90 bits per heavy atom. The number of rotatable bonds is 4. The summed E-state index contributed by atoms with van der Waals surface area (Å²) in [5.41, 5.74) is 0.00542. The molecule has 0 atom stereocenters. The van der Waals surface area contributed by atoms with Crippen molar-refractivity contribution in [3.8, 4) is 11.5 Å². The van der Waals surface area contributed by atoms with Crippen LogP contribution in [0, 0.1) is 10.1 Å². The Kier molecular flexibility index (Phi) is 4.22. The Labute approximate surface area is 123 Å². The fourth-order valence-electron chi connectivity index (χ4n) is 1.52. The molecule has 0 unspecified atom stereocenters. The molecule has 0 aliphatic carbocycles. The zero-order valence-electron chi connectivity index (χ0n) is 9.88. The molecule has 2 rings (SSSR count). The van der Waals surface area contributed by atoms with Crippen molar-refractivity contribution in [1.82, 2.24) is 0 Å². The number of benzene rings is 2. The lowest BCUT2D eigenvalue weighted by atomic mass is 10.2. The molecule has 0 radical (unpaired) electrons. The molecule has 0 amide bonds. The molecule has 102 valence electrons. The first kappa shape index (κ1) is 14.3. The summed E-state index contributed by atoms with van der Waals surface area (Å²) >= 11 is 11.5. The molecule has 5 nitrogen and oxygen atoms in total. The molecule has 0 spiro atoms. The highest BCUT2D eigenvalue weighted by atomic mass is 35.5. The maximum absolute atomic E-state index is 10.9. The summed E-state index contributed by atoms with van der Waals surface area (Å²) in [6.07, 6.45) is 0.607. The summed E-state index contributed by atoms with van der Waals surface area (Å²) in [5, 5.41) is 11.2. The Morgan fingerprint density at radius 1 is 1.15 bits per heavy atom. The number of halogens is 2. The van der Waals surface area contributed by atoms with Gasteiger partial charge in [-0.05, 0) is 24.3 Å². The number of carbonyl (C=O) groups is 1. The van der Waals surface area contributed by atoms with Gasteiger partial charge in [0.15, 0.2) is 6.29 Å². The van der Waals surface area contributed by atoms with E-state index in [0.29, 0.717) is 11.3 Å². The van der Waals surface area contributed by atoms with Crippen molar-refractivity contribution >= 4 is 35.2 Å². The average molecular weight is 312 g/mol. The number of nitro groups is 1. The van der Waals surface area contributed by atoms with Crippen LogP contribution >= 0.6 is 23.2 Å². The van der Waals surface area contributed by atoms with E-state index in [1.807, 2.05) is 0 Å². The van der Waals surface area contributed by atoms with Crippen LogP contribution in [-0.2, 0) is 0 Å². The summed E-state index contributed by atoms with van der Waals surface area (Å²) < 4.78 is 5.45. The Morgan fingerprint density at radius 3 is 2.55 bits per heavy atom. The largest absolute Gasteiger partial charge is 0.456 e. The molecule has 0 saturated heterocycles. The van der Waals surface area contributed by atoms with E-state index in [-0.39, 0.29) is 27.8 Å². The molecule has 0 saturated carbocycles. The highest BCUT2D eigenvalue weighted by molar-refractivity contribution is 6.32. The van der Waals surface area contributed by atoms with Crippen molar-refractivity contribution in [3.05, 3.63) is 62.1 Å². The van der Waals surface area contributed by atoms with Gasteiger partial charge in [0.05, 0.1) is 16.6 Å². The second kappa shape index (κ2) is 5.90. The van der Waals surface area contributed by atoms with Crippen LogP contribution in [0.1, 0.15) is 10.4 Å². The van der Waals surface area contributed by atoms with Crippen LogP contribution in [0.3, 0.4) is 0 Å². The lowest BCUT2D eigenvalue weighted by Crippen LogP contribution is -1.93. The van der Waals surface area contributed by atoms with E-state index in [1.54, 1.807) is 6.07 Å². The molecular weight excluding hydrogens is 305 g/mol. The topological polar surface area (TPSA) is 69.4 Å². The molecule has 0 fully saturated rings. The SMILES string of the molecule is O=Cc1ccc(Cl)cc1Oc1ccc(Cl)c([N+](=O)[O-])c1. The van der Waals surface area contributed by atoms with Gasteiger partial charge in [0.25, 0.3) is 5.69 Å². The second-order valence-corrected chi connectivity index (χ2v) is 4.62. The van der Waals surface area contributed by atoms with Crippen molar-refractivity contribution in [2.45, 2.75) is 0 Å². The molecular formula is C13H7Cl2NO4. The molecule has 2 aromatic carbocycles. The predicted octanol–water partition coefficient (Wildman–Crippen LogP) is 4.51. The third kappa shape index (κ3) is 3.07. The summed E-state index contributed by atoms with van der Waals surface area (Å²) in [7, 11) is 0. The Balaban J connectivity index is 2.40. The van der Waals surface area contributed by atoms with Gasteiger partial charge in [-0.25, -0.2) is 0 Å². The normalized spacial score (nSPS) is 10.1. The molecule has 0 N–H and O–H groups in total. The van der Waals surface area contributed by atoms with Crippen LogP contribution in [0.25, 0.3) is 0 Å². The van der Waals surface area contributed by atoms with Gasteiger partial charge >= 0.3 is 0 Å². The highest BCUT2D eigenvalue weighted by Crippen LogP contribution is 2.33. The minimum Gasteiger partial charge on any atom is -0.456 e. The maximum atomic E-state index is 10.9. The summed E-state index contributed by atoms with van der Waals surface area (Å²) in [6.45, 7) is 0. The highest BCUT2D eigenvalue weighted by Gasteiger charge is 2.14. The monoisotopic (exact) mass is 311 g/mol. The van der Waals surface area contributed by atoms with Gasteiger partial charge in [-0.1, -0.05) is 23.2 Å². The predicted molar refractivity (Wildman–Crippen MR) is 75.0 cm³/mol. The van der Waals surface area contributed by atoms with Crippen LogP contribution < -0.4 is 4.74 Å². The third-order valence-corrected chi connectivity index (χ3v) is 3.00. The van der Waals surface area contributed by atoms with Crippen molar-refractivity contribution in [3.63, 3.8) is 0 Å². The fraction of sp³-hybridized carbons (Fsp3) is 0. The first-order valence-corrected chi connectivity index (χ1v) is 6.13. The van der Waals surface area contributed by atoms with Crippen molar-refractivity contribution in [2.75, 3.05) is 0 Å². The van der Waals surface area contributed by atoms with Gasteiger partial charge < -0.3 is 4.74 Å². The quantitative estimate of drug-likeness (QED) is 0.473. The summed E-state index contributed by atoms with van der Waals surface area (Å²) in [5.74, 6) is 0.399. The first-order chi connectivity index (χ1) is 9.51. The van der Waals surface area contributed by atoms with Crippen LogP contribution in [0.4, 0.5) is 5.69 Å². The average Bonchev–Trinajstić information content (AvgIpc) is 2.41. The summed E-state index contributed by atoms with van der Waals surface area (Å²) in [6, 6.07) is 8.48. The Bertz CT molecular complexity index is 688. The van der Waals surface area contributed by atoms with Gasteiger partial charge in [0.1, 0.15) is 16.5 Å². The second-order valence-electron chi connectivity index (χ2n) is 3.77. The molecule has 7 heteroatoms. The standard InChI is InChI=1S/C13H7Cl2NO4/c14-9-2-1-8(7-17)13(5-9)20-10-3-4-11(15)12(6-10)16(18)19/h1-7H.